The molecule has 1 aliphatic carbocycles. The Morgan fingerprint density at radius 1 is 1.45 bits per heavy atom. The fourth-order valence-corrected chi connectivity index (χ4v) is 3.61. The Kier molecular flexibility index (Phi) is 6.46. The number of nitrogens with one attached hydrogen (secondary N) is 1. The molecule has 4 nitrogen and oxygen atoms in total. The van der Waals surface area contributed by atoms with Crippen molar-refractivity contribution in [2.45, 2.75) is 77.4 Å². The number of carbonyl (C=O) groups is 1. The van der Waals surface area contributed by atoms with Crippen molar-refractivity contribution < 1.29 is 4.79 Å². The number of rotatable bonds is 7. The SMILES string of the molecule is CCNC1(C(N)=O)CCCC(N(C)C(C)CC(C)C)C1. The summed E-state index contributed by atoms with van der Waals surface area (Å²) >= 11 is 0. The van der Waals surface area contributed by atoms with Gasteiger partial charge >= 0.3 is 0 Å². The lowest BCUT2D eigenvalue weighted by Crippen LogP contribution is -2.61. The first-order valence-corrected chi connectivity index (χ1v) is 8.09. The second-order valence-corrected chi connectivity index (χ2v) is 6.87. The van der Waals surface area contributed by atoms with Crippen LogP contribution in [0.4, 0.5) is 0 Å². The third-order valence-electron chi connectivity index (χ3n) is 4.80. The molecule has 0 aromatic rings. The summed E-state index contributed by atoms with van der Waals surface area (Å²) in [6.45, 7) is 9.64. The standard InChI is InChI=1S/C16H33N3O/c1-6-18-16(15(17)20)9-7-8-14(11-16)19(5)13(4)10-12(2)3/h12-14,18H,6-11H2,1-5H3,(H2,17,20). The quantitative estimate of drug-likeness (QED) is 0.752. The van der Waals surface area contributed by atoms with Crippen LogP contribution in [0.25, 0.3) is 0 Å². The van der Waals surface area contributed by atoms with E-state index in [0.29, 0.717) is 18.0 Å². The minimum Gasteiger partial charge on any atom is -0.368 e. The average Bonchev–Trinajstić information content (AvgIpc) is 2.37. The topological polar surface area (TPSA) is 58.4 Å². The Morgan fingerprint density at radius 2 is 2.10 bits per heavy atom. The lowest BCUT2D eigenvalue weighted by Gasteiger charge is -2.44. The number of primary amides is 1. The zero-order chi connectivity index (χ0) is 15.3. The first-order valence-electron chi connectivity index (χ1n) is 8.09. The lowest BCUT2D eigenvalue weighted by molar-refractivity contribution is -0.126. The molecule has 1 rings (SSSR count). The molecule has 1 saturated carbocycles. The molecule has 1 amide bonds. The summed E-state index contributed by atoms with van der Waals surface area (Å²) < 4.78 is 0. The van der Waals surface area contributed by atoms with Gasteiger partial charge in [-0.3, -0.25) is 4.79 Å². The third kappa shape index (κ3) is 4.19. The van der Waals surface area contributed by atoms with E-state index in [2.05, 4.69) is 38.0 Å². The van der Waals surface area contributed by atoms with Gasteiger partial charge in [0.05, 0.1) is 5.54 Å². The molecule has 0 spiro atoms. The molecule has 0 aromatic carbocycles. The fraction of sp³-hybridized carbons (Fsp3) is 0.938. The van der Waals surface area contributed by atoms with Gasteiger partial charge in [0, 0.05) is 12.1 Å². The van der Waals surface area contributed by atoms with Crippen molar-refractivity contribution >= 4 is 5.91 Å². The summed E-state index contributed by atoms with van der Waals surface area (Å²) in [6, 6.07) is 0.995. The van der Waals surface area contributed by atoms with Gasteiger partial charge in [-0.1, -0.05) is 20.8 Å². The molecule has 0 radical (unpaired) electrons. The van der Waals surface area contributed by atoms with Crippen LogP contribution in [-0.2, 0) is 4.79 Å². The molecular weight excluding hydrogens is 250 g/mol. The molecule has 0 bridgehead atoms. The van der Waals surface area contributed by atoms with Crippen LogP contribution in [0, 0.1) is 5.92 Å². The molecule has 20 heavy (non-hydrogen) atoms. The van der Waals surface area contributed by atoms with Gasteiger partial charge in [0.2, 0.25) is 5.91 Å². The molecular formula is C16H33N3O. The minimum atomic E-state index is -0.497. The molecule has 118 valence electrons. The molecule has 1 fully saturated rings. The number of nitrogens with zero attached hydrogens (tertiary/aromatic N) is 1. The van der Waals surface area contributed by atoms with E-state index < -0.39 is 5.54 Å². The maximum atomic E-state index is 11.9. The highest BCUT2D eigenvalue weighted by molar-refractivity contribution is 5.84. The van der Waals surface area contributed by atoms with Crippen LogP contribution in [0.15, 0.2) is 0 Å². The van der Waals surface area contributed by atoms with Crippen molar-refractivity contribution in [3.05, 3.63) is 0 Å². The average molecular weight is 283 g/mol. The van der Waals surface area contributed by atoms with E-state index in [-0.39, 0.29) is 5.91 Å². The number of carbonyl (C=O) groups excluding carboxylic acids is 1. The van der Waals surface area contributed by atoms with Crippen LogP contribution in [-0.4, -0.2) is 42.0 Å². The van der Waals surface area contributed by atoms with E-state index in [9.17, 15) is 4.79 Å². The van der Waals surface area contributed by atoms with Gasteiger partial charge < -0.3 is 16.0 Å². The molecule has 3 N–H and O–H groups in total. The van der Waals surface area contributed by atoms with Crippen molar-refractivity contribution in [1.29, 1.82) is 0 Å². The van der Waals surface area contributed by atoms with Crippen LogP contribution in [0.1, 0.15) is 59.8 Å². The smallest absolute Gasteiger partial charge is 0.237 e. The van der Waals surface area contributed by atoms with Crippen LogP contribution in [0.2, 0.25) is 0 Å². The van der Waals surface area contributed by atoms with Crippen LogP contribution < -0.4 is 11.1 Å². The number of hydrogen-bond acceptors (Lipinski definition) is 3. The van der Waals surface area contributed by atoms with Gasteiger partial charge in [0.25, 0.3) is 0 Å². The van der Waals surface area contributed by atoms with E-state index in [1.54, 1.807) is 0 Å². The van der Waals surface area contributed by atoms with E-state index >= 15 is 0 Å². The second-order valence-electron chi connectivity index (χ2n) is 6.87. The monoisotopic (exact) mass is 283 g/mol. The summed E-state index contributed by atoms with van der Waals surface area (Å²) in [5.41, 5.74) is 5.19. The number of hydrogen-bond donors (Lipinski definition) is 2. The van der Waals surface area contributed by atoms with E-state index in [1.807, 2.05) is 6.92 Å². The normalized spacial score (nSPS) is 28.9. The predicted molar refractivity (Wildman–Crippen MR) is 84.5 cm³/mol. The highest BCUT2D eigenvalue weighted by Crippen LogP contribution is 2.32. The molecule has 0 saturated heterocycles. The summed E-state index contributed by atoms with van der Waals surface area (Å²) in [4.78, 5) is 14.4. The van der Waals surface area contributed by atoms with Gasteiger partial charge in [-0.15, -0.1) is 0 Å². The second kappa shape index (κ2) is 7.41. The fourth-order valence-electron chi connectivity index (χ4n) is 3.61. The largest absolute Gasteiger partial charge is 0.368 e. The van der Waals surface area contributed by atoms with E-state index in [1.165, 1.54) is 12.8 Å². The third-order valence-corrected chi connectivity index (χ3v) is 4.80. The van der Waals surface area contributed by atoms with E-state index in [0.717, 1.165) is 25.8 Å². The first kappa shape index (κ1) is 17.4. The van der Waals surface area contributed by atoms with Crippen LogP contribution in [0.5, 0.6) is 0 Å². The first-order chi connectivity index (χ1) is 9.32. The summed E-state index contributed by atoms with van der Waals surface area (Å²) in [5.74, 6) is 0.514. The lowest BCUT2D eigenvalue weighted by atomic mass is 9.77. The molecule has 0 aromatic heterocycles. The van der Waals surface area contributed by atoms with Gasteiger partial charge in [0.1, 0.15) is 0 Å². The van der Waals surface area contributed by atoms with Gasteiger partial charge in [0.15, 0.2) is 0 Å². The summed E-state index contributed by atoms with van der Waals surface area (Å²) in [7, 11) is 2.20. The van der Waals surface area contributed by atoms with Gasteiger partial charge in [-0.25, -0.2) is 0 Å². The molecule has 4 heteroatoms. The zero-order valence-corrected chi connectivity index (χ0v) is 13.9. The maximum absolute atomic E-state index is 11.9. The van der Waals surface area contributed by atoms with Gasteiger partial charge in [-0.2, -0.15) is 0 Å². The highest BCUT2D eigenvalue weighted by Gasteiger charge is 2.42. The number of amides is 1. The van der Waals surface area contributed by atoms with Crippen molar-refractivity contribution in [1.82, 2.24) is 10.2 Å². The number of nitrogens with two attached hydrogens (primary N) is 1. The maximum Gasteiger partial charge on any atom is 0.237 e. The Bertz CT molecular complexity index is 315. The minimum absolute atomic E-state index is 0.186. The zero-order valence-electron chi connectivity index (χ0n) is 13.9. The summed E-state index contributed by atoms with van der Waals surface area (Å²) in [5, 5.41) is 3.36. The van der Waals surface area contributed by atoms with Crippen LogP contribution in [0.3, 0.4) is 0 Å². The summed E-state index contributed by atoms with van der Waals surface area (Å²) in [6.07, 6.45) is 5.14. The Balaban J connectivity index is 2.74. The Labute approximate surface area is 124 Å². The van der Waals surface area contributed by atoms with Crippen LogP contribution >= 0.6 is 0 Å². The molecule has 0 aliphatic heterocycles. The van der Waals surface area contributed by atoms with Gasteiger partial charge in [-0.05, 0) is 58.5 Å². The molecule has 1 aliphatic rings. The predicted octanol–water partition coefficient (Wildman–Crippen LogP) is 2.13. The van der Waals surface area contributed by atoms with Crippen molar-refractivity contribution in [2.24, 2.45) is 11.7 Å². The molecule has 0 heterocycles. The Hall–Kier alpha value is -0.610. The Morgan fingerprint density at radius 3 is 2.60 bits per heavy atom. The van der Waals surface area contributed by atoms with E-state index in [4.69, 9.17) is 5.73 Å². The van der Waals surface area contributed by atoms with Crippen molar-refractivity contribution in [3.8, 4) is 0 Å². The van der Waals surface area contributed by atoms with Crippen molar-refractivity contribution in [3.63, 3.8) is 0 Å². The molecule has 3 unspecified atom stereocenters. The number of likely N-dealkylation sites (N-methyl/N-ethyl adjacent to an activating group) is 1. The molecule has 3 atom stereocenters. The highest BCUT2D eigenvalue weighted by atomic mass is 16.1. The van der Waals surface area contributed by atoms with Crippen molar-refractivity contribution in [2.75, 3.05) is 13.6 Å².